The first-order chi connectivity index (χ1) is 8.12. The Balaban J connectivity index is 2.26. The van der Waals surface area contributed by atoms with Gasteiger partial charge in [0.1, 0.15) is 5.60 Å². The monoisotopic (exact) mass is 234 g/mol. The van der Waals surface area contributed by atoms with Crippen molar-refractivity contribution in [2.45, 2.75) is 51.2 Å². The van der Waals surface area contributed by atoms with E-state index >= 15 is 0 Å². The molecule has 1 atom stereocenters. The Kier molecular flexibility index (Phi) is 3.85. The number of fused-ring (bicyclic) bond motifs is 1. The first kappa shape index (κ1) is 12.6. The van der Waals surface area contributed by atoms with Crippen molar-refractivity contribution in [2.24, 2.45) is 0 Å². The SMILES string of the molecule is CC(C)OCC1(O)CCCCc2ccccc21. The Bertz CT molecular complexity index is 373. The molecule has 94 valence electrons. The van der Waals surface area contributed by atoms with E-state index in [0.717, 1.165) is 31.2 Å². The molecule has 0 heterocycles. The number of aliphatic hydroxyl groups is 1. The second-order valence-electron chi connectivity index (χ2n) is 5.26. The van der Waals surface area contributed by atoms with E-state index in [4.69, 9.17) is 4.74 Å². The summed E-state index contributed by atoms with van der Waals surface area (Å²) in [7, 11) is 0. The predicted molar refractivity (Wildman–Crippen MR) is 69.0 cm³/mol. The van der Waals surface area contributed by atoms with Crippen LogP contribution in [0.25, 0.3) is 0 Å². The van der Waals surface area contributed by atoms with E-state index in [-0.39, 0.29) is 6.10 Å². The van der Waals surface area contributed by atoms with Crippen molar-refractivity contribution in [3.63, 3.8) is 0 Å². The van der Waals surface area contributed by atoms with Crippen molar-refractivity contribution in [1.82, 2.24) is 0 Å². The average molecular weight is 234 g/mol. The molecule has 1 aliphatic rings. The number of hydrogen-bond donors (Lipinski definition) is 1. The number of aryl methyl sites for hydroxylation is 1. The third-order valence-electron chi connectivity index (χ3n) is 3.46. The maximum absolute atomic E-state index is 10.8. The lowest BCUT2D eigenvalue weighted by Crippen LogP contribution is -2.33. The predicted octanol–water partition coefficient (Wildman–Crippen LogP) is 3.03. The van der Waals surface area contributed by atoms with E-state index < -0.39 is 5.60 Å². The lowest BCUT2D eigenvalue weighted by Gasteiger charge is -2.29. The fourth-order valence-corrected chi connectivity index (χ4v) is 2.51. The van der Waals surface area contributed by atoms with Gasteiger partial charge in [-0.15, -0.1) is 0 Å². The van der Waals surface area contributed by atoms with Gasteiger partial charge in [-0.1, -0.05) is 24.3 Å². The van der Waals surface area contributed by atoms with E-state index in [1.165, 1.54) is 5.56 Å². The molecule has 1 aliphatic carbocycles. The van der Waals surface area contributed by atoms with Crippen LogP contribution in [-0.2, 0) is 16.8 Å². The van der Waals surface area contributed by atoms with E-state index in [1.807, 2.05) is 32.0 Å². The van der Waals surface area contributed by atoms with Crippen LogP contribution in [0, 0.1) is 0 Å². The third-order valence-corrected chi connectivity index (χ3v) is 3.46. The molecule has 0 aromatic heterocycles. The fourth-order valence-electron chi connectivity index (χ4n) is 2.51. The highest BCUT2D eigenvalue weighted by Crippen LogP contribution is 2.34. The van der Waals surface area contributed by atoms with Crippen LogP contribution in [0.2, 0.25) is 0 Å². The van der Waals surface area contributed by atoms with Gasteiger partial charge >= 0.3 is 0 Å². The van der Waals surface area contributed by atoms with E-state index in [0.29, 0.717) is 6.61 Å². The zero-order chi connectivity index (χ0) is 12.3. The summed E-state index contributed by atoms with van der Waals surface area (Å²) < 4.78 is 5.65. The smallest absolute Gasteiger partial charge is 0.113 e. The number of rotatable bonds is 3. The molecule has 0 aliphatic heterocycles. The van der Waals surface area contributed by atoms with Crippen LogP contribution in [0.3, 0.4) is 0 Å². The molecule has 2 heteroatoms. The Morgan fingerprint density at radius 2 is 2.06 bits per heavy atom. The molecule has 0 radical (unpaired) electrons. The Morgan fingerprint density at radius 1 is 1.29 bits per heavy atom. The van der Waals surface area contributed by atoms with Gasteiger partial charge in [0.2, 0.25) is 0 Å². The summed E-state index contributed by atoms with van der Waals surface area (Å²) in [5.74, 6) is 0. The quantitative estimate of drug-likeness (QED) is 0.815. The largest absolute Gasteiger partial charge is 0.383 e. The molecule has 1 unspecified atom stereocenters. The summed E-state index contributed by atoms with van der Waals surface area (Å²) >= 11 is 0. The summed E-state index contributed by atoms with van der Waals surface area (Å²) in [5, 5.41) is 10.8. The minimum atomic E-state index is -0.794. The van der Waals surface area contributed by atoms with Gasteiger partial charge in [0, 0.05) is 0 Å². The van der Waals surface area contributed by atoms with Crippen LogP contribution in [-0.4, -0.2) is 17.8 Å². The molecule has 0 saturated carbocycles. The Morgan fingerprint density at radius 3 is 2.82 bits per heavy atom. The molecular formula is C15H22O2. The van der Waals surface area contributed by atoms with E-state index in [2.05, 4.69) is 6.07 Å². The van der Waals surface area contributed by atoms with Crippen LogP contribution < -0.4 is 0 Å². The third kappa shape index (κ3) is 2.88. The molecule has 0 fully saturated rings. The molecule has 2 rings (SSSR count). The van der Waals surface area contributed by atoms with Crippen LogP contribution in [0.15, 0.2) is 24.3 Å². The van der Waals surface area contributed by atoms with Crippen molar-refractivity contribution in [3.8, 4) is 0 Å². The topological polar surface area (TPSA) is 29.5 Å². The Hall–Kier alpha value is -0.860. The van der Waals surface area contributed by atoms with E-state index in [1.54, 1.807) is 0 Å². The molecule has 1 aromatic rings. The average Bonchev–Trinajstić information content (AvgIpc) is 2.48. The fraction of sp³-hybridized carbons (Fsp3) is 0.600. The summed E-state index contributed by atoms with van der Waals surface area (Å²) in [6.07, 6.45) is 4.25. The second kappa shape index (κ2) is 5.19. The van der Waals surface area contributed by atoms with Crippen molar-refractivity contribution in [3.05, 3.63) is 35.4 Å². The second-order valence-corrected chi connectivity index (χ2v) is 5.26. The van der Waals surface area contributed by atoms with Crippen molar-refractivity contribution < 1.29 is 9.84 Å². The van der Waals surface area contributed by atoms with Crippen LogP contribution >= 0.6 is 0 Å². The molecule has 0 saturated heterocycles. The molecule has 2 nitrogen and oxygen atoms in total. The molecule has 1 N–H and O–H groups in total. The van der Waals surface area contributed by atoms with Crippen molar-refractivity contribution in [1.29, 1.82) is 0 Å². The molecule has 17 heavy (non-hydrogen) atoms. The van der Waals surface area contributed by atoms with Gasteiger partial charge in [-0.2, -0.15) is 0 Å². The van der Waals surface area contributed by atoms with Crippen LogP contribution in [0.5, 0.6) is 0 Å². The van der Waals surface area contributed by atoms with Crippen LogP contribution in [0.4, 0.5) is 0 Å². The highest BCUT2D eigenvalue weighted by Gasteiger charge is 2.33. The van der Waals surface area contributed by atoms with Gasteiger partial charge in [0.15, 0.2) is 0 Å². The maximum atomic E-state index is 10.8. The highest BCUT2D eigenvalue weighted by atomic mass is 16.5. The molecular weight excluding hydrogens is 212 g/mol. The van der Waals surface area contributed by atoms with E-state index in [9.17, 15) is 5.11 Å². The summed E-state index contributed by atoms with van der Waals surface area (Å²) in [6.45, 7) is 4.42. The lowest BCUT2D eigenvalue weighted by atomic mass is 9.88. The first-order valence-corrected chi connectivity index (χ1v) is 6.54. The van der Waals surface area contributed by atoms with Crippen molar-refractivity contribution >= 4 is 0 Å². The first-order valence-electron chi connectivity index (χ1n) is 6.54. The number of ether oxygens (including phenoxy) is 1. The normalized spacial score (nSPS) is 24.5. The van der Waals surface area contributed by atoms with Crippen molar-refractivity contribution in [2.75, 3.05) is 6.61 Å². The number of hydrogen-bond acceptors (Lipinski definition) is 2. The summed E-state index contributed by atoms with van der Waals surface area (Å²) in [5.41, 5.74) is 1.55. The molecule has 1 aromatic carbocycles. The zero-order valence-electron chi connectivity index (χ0n) is 10.8. The Labute approximate surface area is 104 Å². The molecule has 0 amide bonds. The highest BCUT2D eigenvalue weighted by molar-refractivity contribution is 5.33. The van der Waals surface area contributed by atoms with Gasteiger partial charge in [0.05, 0.1) is 12.7 Å². The zero-order valence-corrected chi connectivity index (χ0v) is 10.8. The van der Waals surface area contributed by atoms with Gasteiger partial charge in [-0.05, 0) is 50.7 Å². The molecule has 0 spiro atoms. The summed E-state index contributed by atoms with van der Waals surface area (Å²) in [6, 6.07) is 8.23. The maximum Gasteiger partial charge on any atom is 0.113 e. The van der Waals surface area contributed by atoms with Gasteiger partial charge < -0.3 is 9.84 Å². The van der Waals surface area contributed by atoms with Crippen LogP contribution in [0.1, 0.15) is 44.2 Å². The van der Waals surface area contributed by atoms with Gasteiger partial charge in [0.25, 0.3) is 0 Å². The lowest BCUT2D eigenvalue weighted by molar-refractivity contribution is -0.0740. The minimum Gasteiger partial charge on any atom is -0.383 e. The van der Waals surface area contributed by atoms with Gasteiger partial charge in [-0.25, -0.2) is 0 Å². The van der Waals surface area contributed by atoms with Gasteiger partial charge in [-0.3, -0.25) is 0 Å². The minimum absolute atomic E-state index is 0.162. The number of benzene rings is 1. The summed E-state index contributed by atoms with van der Waals surface area (Å²) in [4.78, 5) is 0. The molecule has 0 bridgehead atoms. The standard InChI is InChI=1S/C15H22O2/c1-12(2)17-11-15(16)10-6-5-8-13-7-3-4-9-14(13)15/h3-4,7,9,12,16H,5-6,8,10-11H2,1-2H3.